The second-order valence-electron chi connectivity index (χ2n) is 5.03. The average Bonchev–Trinajstić information content (AvgIpc) is 2.95. The van der Waals surface area contributed by atoms with Crippen LogP contribution in [-0.4, -0.2) is 36.3 Å². The highest BCUT2D eigenvalue weighted by molar-refractivity contribution is 7.16. The van der Waals surface area contributed by atoms with Crippen molar-refractivity contribution >= 4 is 33.3 Å². The van der Waals surface area contributed by atoms with Crippen molar-refractivity contribution in [2.75, 3.05) is 36.9 Å². The Morgan fingerprint density at radius 3 is 3.15 bits per heavy atom. The monoisotopic (exact) mass is 292 g/mol. The van der Waals surface area contributed by atoms with Gasteiger partial charge in [-0.05, 0) is 37.1 Å². The van der Waals surface area contributed by atoms with E-state index in [9.17, 15) is 0 Å². The van der Waals surface area contributed by atoms with E-state index in [1.165, 1.54) is 6.42 Å². The number of hydrogen-bond acceptors (Lipinski definition) is 6. The Balaban J connectivity index is 1.76. The Bertz CT molecular complexity index is 565. The molecule has 0 saturated carbocycles. The van der Waals surface area contributed by atoms with E-state index in [0.29, 0.717) is 11.9 Å². The predicted octanol–water partition coefficient (Wildman–Crippen LogP) is 2.96. The zero-order chi connectivity index (χ0) is 13.8. The van der Waals surface area contributed by atoms with Gasteiger partial charge in [0.2, 0.25) is 5.95 Å². The second kappa shape index (κ2) is 6.37. The van der Waals surface area contributed by atoms with E-state index in [0.717, 1.165) is 48.8 Å². The summed E-state index contributed by atoms with van der Waals surface area (Å²) in [5.41, 5.74) is 0. The molecule has 2 N–H and O–H groups in total. The number of thiophene rings is 1. The van der Waals surface area contributed by atoms with Gasteiger partial charge in [-0.15, -0.1) is 11.3 Å². The Kier molecular flexibility index (Phi) is 4.32. The van der Waals surface area contributed by atoms with Gasteiger partial charge in [0, 0.05) is 19.7 Å². The van der Waals surface area contributed by atoms with Gasteiger partial charge in [0.25, 0.3) is 0 Å². The van der Waals surface area contributed by atoms with Gasteiger partial charge in [0.05, 0.1) is 12.0 Å². The molecule has 5 nitrogen and oxygen atoms in total. The number of fused-ring (bicyclic) bond motifs is 1. The fourth-order valence-corrected chi connectivity index (χ4v) is 3.20. The van der Waals surface area contributed by atoms with Gasteiger partial charge in [-0.25, -0.2) is 4.98 Å². The molecular formula is C14H20N4OS. The summed E-state index contributed by atoms with van der Waals surface area (Å²) in [6, 6.07) is 2.08. The highest BCUT2D eigenvalue weighted by atomic mass is 32.1. The van der Waals surface area contributed by atoms with Crippen molar-refractivity contribution in [3.8, 4) is 0 Å². The molecule has 0 aliphatic carbocycles. The normalized spacial score (nSPS) is 19.1. The van der Waals surface area contributed by atoms with Gasteiger partial charge in [-0.2, -0.15) is 4.98 Å². The van der Waals surface area contributed by atoms with Gasteiger partial charge in [-0.3, -0.25) is 0 Å². The van der Waals surface area contributed by atoms with Gasteiger partial charge >= 0.3 is 0 Å². The molecule has 1 atom stereocenters. The third-order valence-corrected chi connectivity index (χ3v) is 4.28. The average molecular weight is 292 g/mol. The molecule has 0 aromatic carbocycles. The molecule has 0 spiro atoms. The van der Waals surface area contributed by atoms with E-state index >= 15 is 0 Å². The summed E-state index contributed by atoms with van der Waals surface area (Å²) in [6.07, 6.45) is 2.39. The maximum Gasteiger partial charge on any atom is 0.226 e. The van der Waals surface area contributed by atoms with Crippen LogP contribution in [0.3, 0.4) is 0 Å². The van der Waals surface area contributed by atoms with E-state index in [1.54, 1.807) is 11.3 Å². The number of hydrogen-bond donors (Lipinski definition) is 2. The molecule has 0 radical (unpaired) electrons. The standard InChI is InChI=1S/C14H20N4OS/c1-2-15-14-17-12(11-5-7-20-13(11)18-14)16-8-10-4-3-6-19-9-10/h5,7,10H,2-4,6,8-9H2,1H3,(H2,15,16,17,18). The zero-order valence-corrected chi connectivity index (χ0v) is 12.5. The van der Waals surface area contributed by atoms with Crippen LogP contribution in [0.5, 0.6) is 0 Å². The molecule has 6 heteroatoms. The van der Waals surface area contributed by atoms with Crippen molar-refractivity contribution in [1.82, 2.24) is 9.97 Å². The quantitative estimate of drug-likeness (QED) is 0.887. The van der Waals surface area contributed by atoms with Crippen molar-refractivity contribution in [2.45, 2.75) is 19.8 Å². The molecule has 20 heavy (non-hydrogen) atoms. The van der Waals surface area contributed by atoms with Crippen LogP contribution in [0.1, 0.15) is 19.8 Å². The summed E-state index contributed by atoms with van der Waals surface area (Å²) >= 11 is 1.65. The second-order valence-corrected chi connectivity index (χ2v) is 5.92. The van der Waals surface area contributed by atoms with Gasteiger partial charge < -0.3 is 15.4 Å². The van der Waals surface area contributed by atoms with Gasteiger partial charge in [0.1, 0.15) is 10.6 Å². The molecule has 0 bridgehead atoms. The molecule has 2 aromatic rings. The first kappa shape index (κ1) is 13.6. The first-order valence-electron chi connectivity index (χ1n) is 7.17. The first-order chi connectivity index (χ1) is 9.86. The van der Waals surface area contributed by atoms with E-state index < -0.39 is 0 Å². The lowest BCUT2D eigenvalue weighted by Gasteiger charge is -2.22. The van der Waals surface area contributed by atoms with E-state index in [4.69, 9.17) is 4.74 Å². The van der Waals surface area contributed by atoms with Crippen LogP contribution in [0.25, 0.3) is 10.2 Å². The molecule has 1 unspecified atom stereocenters. The van der Waals surface area contributed by atoms with Crippen molar-refractivity contribution in [3.05, 3.63) is 11.4 Å². The highest BCUT2D eigenvalue weighted by Gasteiger charge is 2.15. The van der Waals surface area contributed by atoms with Crippen molar-refractivity contribution in [2.24, 2.45) is 5.92 Å². The summed E-state index contributed by atoms with van der Waals surface area (Å²) in [7, 11) is 0. The van der Waals surface area contributed by atoms with E-state index in [-0.39, 0.29) is 0 Å². The van der Waals surface area contributed by atoms with Crippen LogP contribution >= 0.6 is 11.3 Å². The maximum atomic E-state index is 5.52. The van der Waals surface area contributed by atoms with Crippen molar-refractivity contribution in [3.63, 3.8) is 0 Å². The summed E-state index contributed by atoms with van der Waals surface area (Å²) in [5, 5.41) is 9.83. The molecule has 0 amide bonds. The van der Waals surface area contributed by atoms with Crippen LogP contribution in [0, 0.1) is 5.92 Å². The molecule has 1 saturated heterocycles. The number of aromatic nitrogens is 2. The minimum absolute atomic E-state index is 0.579. The molecule has 3 rings (SSSR count). The van der Waals surface area contributed by atoms with E-state index in [1.807, 2.05) is 0 Å². The lowest BCUT2D eigenvalue weighted by atomic mass is 10.0. The van der Waals surface area contributed by atoms with Crippen LogP contribution in [-0.2, 0) is 4.74 Å². The van der Waals surface area contributed by atoms with Crippen LogP contribution in [0.4, 0.5) is 11.8 Å². The van der Waals surface area contributed by atoms with E-state index in [2.05, 4.69) is 39.0 Å². The summed E-state index contributed by atoms with van der Waals surface area (Å²) in [6.45, 7) is 5.54. The third kappa shape index (κ3) is 3.02. The summed E-state index contributed by atoms with van der Waals surface area (Å²) < 4.78 is 5.52. The summed E-state index contributed by atoms with van der Waals surface area (Å²) in [4.78, 5) is 10.1. The van der Waals surface area contributed by atoms with Gasteiger partial charge in [0.15, 0.2) is 0 Å². The third-order valence-electron chi connectivity index (χ3n) is 3.47. The molecule has 3 heterocycles. The van der Waals surface area contributed by atoms with Crippen LogP contribution in [0.2, 0.25) is 0 Å². The summed E-state index contributed by atoms with van der Waals surface area (Å²) in [5.74, 6) is 2.21. The fourth-order valence-electron chi connectivity index (χ4n) is 2.44. The number of nitrogens with zero attached hydrogens (tertiary/aromatic N) is 2. The zero-order valence-electron chi connectivity index (χ0n) is 11.7. The maximum absolute atomic E-state index is 5.52. The Labute approximate surface area is 122 Å². The molecular weight excluding hydrogens is 272 g/mol. The molecule has 1 fully saturated rings. The van der Waals surface area contributed by atoms with Crippen molar-refractivity contribution in [1.29, 1.82) is 0 Å². The number of ether oxygens (including phenoxy) is 1. The fraction of sp³-hybridized carbons (Fsp3) is 0.571. The lowest BCUT2D eigenvalue weighted by molar-refractivity contribution is 0.0595. The Morgan fingerprint density at radius 2 is 2.35 bits per heavy atom. The SMILES string of the molecule is CCNc1nc(NCC2CCCOC2)c2ccsc2n1. The largest absolute Gasteiger partial charge is 0.381 e. The molecule has 2 aromatic heterocycles. The topological polar surface area (TPSA) is 59.1 Å². The van der Waals surface area contributed by atoms with Crippen LogP contribution in [0.15, 0.2) is 11.4 Å². The Hall–Kier alpha value is -1.40. The highest BCUT2D eigenvalue weighted by Crippen LogP contribution is 2.27. The first-order valence-corrected chi connectivity index (χ1v) is 8.05. The number of anilines is 2. The molecule has 1 aliphatic heterocycles. The van der Waals surface area contributed by atoms with Gasteiger partial charge in [-0.1, -0.05) is 0 Å². The lowest BCUT2D eigenvalue weighted by Crippen LogP contribution is -2.24. The smallest absolute Gasteiger partial charge is 0.226 e. The Morgan fingerprint density at radius 1 is 1.40 bits per heavy atom. The minimum Gasteiger partial charge on any atom is -0.381 e. The number of nitrogens with one attached hydrogen (secondary N) is 2. The minimum atomic E-state index is 0.579. The number of rotatable bonds is 5. The predicted molar refractivity (Wildman–Crippen MR) is 83.6 cm³/mol. The van der Waals surface area contributed by atoms with Crippen molar-refractivity contribution < 1.29 is 4.74 Å². The molecule has 108 valence electrons. The molecule has 1 aliphatic rings. The van der Waals surface area contributed by atoms with Crippen LogP contribution < -0.4 is 10.6 Å².